The van der Waals surface area contributed by atoms with E-state index >= 15 is 0 Å². The normalized spacial score (nSPS) is 13.0. The van der Waals surface area contributed by atoms with E-state index in [9.17, 15) is 14.7 Å². The summed E-state index contributed by atoms with van der Waals surface area (Å²) in [6.07, 6.45) is 89.5. The molecule has 0 heterocycles. The van der Waals surface area contributed by atoms with Crippen LogP contribution in [0.15, 0.2) is 109 Å². The smallest absolute Gasteiger partial charge is 0.306 e. The van der Waals surface area contributed by atoms with Crippen molar-refractivity contribution in [3.05, 3.63) is 109 Å². The fourth-order valence-electron chi connectivity index (χ4n) is 8.58. The maximum absolute atomic E-state index is 12.3. The number of aliphatic hydroxyl groups is 1. The number of rotatable bonds is 55. The Labute approximate surface area is 446 Å². The molecule has 0 amide bonds. The van der Waals surface area contributed by atoms with E-state index in [2.05, 4.69) is 123 Å². The molecule has 0 aromatic carbocycles. The summed E-state index contributed by atoms with van der Waals surface area (Å²) < 4.78 is 10.7. The summed E-state index contributed by atoms with van der Waals surface area (Å²) in [4.78, 5) is 24.5. The van der Waals surface area contributed by atoms with Gasteiger partial charge in [0.05, 0.1) is 6.61 Å². The molecule has 0 spiro atoms. The first-order valence-electron chi connectivity index (χ1n) is 30.4. The molecule has 0 aliphatic rings. The van der Waals surface area contributed by atoms with E-state index in [0.717, 1.165) is 116 Å². The van der Waals surface area contributed by atoms with Crippen molar-refractivity contribution < 1.29 is 24.2 Å². The van der Waals surface area contributed by atoms with Gasteiger partial charge >= 0.3 is 11.9 Å². The number of esters is 2. The second-order valence-corrected chi connectivity index (χ2v) is 20.0. The molecule has 0 aromatic rings. The molecule has 1 unspecified atom stereocenters. The van der Waals surface area contributed by atoms with Gasteiger partial charge in [0.1, 0.15) is 6.61 Å². The lowest BCUT2D eigenvalue weighted by atomic mass is 10.0. The van der Waals surface area contributed by atoms with Crippen LogP contribution in [-0.2, 0) is 19.1 Å². The molecule has 0 saturated heterocycles. The molecule has 0 saturated carbocycles. The zero-order chi connectivity index (χ0) is 52.0. The molecule has 0 aliphatic carbocycles. The summed E-state index contributed by atoms with van der Waals surface area (Å²) in [6.45, 7) is 3.92. The quantitative estimate of drug-likeness (QED) is 0.0373. The molecule has 5 nitrogen and oxygen atoms in total. The van der Waals surface area contributed by atoms with Crippen LogP contribution < -0.4 is 0 Å². The molecule has 0 fully saturated rings. The van der Waals surface area contributed by atoms with Crippen LogP contribution in [0, 0.1) is 0 Å². The van der Waals surface area contributed by atoms with Gasteiger partial charge in [-0.05, 0) is 96.3 Å². The minimum Gasteiger partial charge on any atom is -0.462 e. The second kappa shape index (κ2) is 61.9. The van der Waals surface area contributed by atoms with Crippen LogP contribution >= 0.6 is 0 Å². The van der Waals surface area contributed by atoms with Gasteiger partial charge in [0.15, 0.2) is 6.10 Å². The number of hydrogen-bond acceptors (Lipinski definition) is 5. The Morgan fingerprint density at radius 3 is 0.833 bits per heavy atom. The number of aliphatic hydroxyl groups excluding tert-OH is 1. The van der Waals surface area contributed by atoms with Gasteiger partial charge in [0, 0.05) is 12.8 Å². The molecule has 5 heteroatoms. The number of carbonyl (C=O) groups is 2. The van der Waals surface area contributed by atoms with Gasteiger partial charge in [-0.1, -0.05) is 284 Å². The van der Waals surface area contributed by atoms with Crippen molar-refractivity contribution in [3.63, 3.8) is 0 Å². The van der Waals surface area contributed by atoms with E-state index in [4.69, 9.17) is 9.47 Å². The average Bonchev–Trinajstić information content (AvgIpc) is 3.38. The third kappa shape index (κ3) is 59.1. The number of allylic oxidation sites excluding steroid dienone is 18. The van der Waals surface area contributed by atoms with Gasteiger partial charge in [0.25, 0.3) is 0 Å². The number of carbonyl (C=O) groups excluding carboxylic acids is 2. The van der Waals surface area contributed by atoms with Crippen molar-refractivity contribution >= 4 is 11.9 Å². The highest BCUT2D eigenvalue weighted by molar-refractivity contribution is 5.70. The number of hydrogen-bond donors (Lipinski definition) is 1. The Morgan fingerprint density at radius 2 is 0.556 bits per heavy atom. The third-order valence-electron chi connectivity index (χ3n) is 13.1. The van der Waals surface area contributed by atoms with Gasteiger partial charge in [-0.25, -0.2) is 0 Å². The summed E-state index contributed by atoms with van der Waals surface area (Å²) in [5, 5.41) is 9.66. The Bertz CT molecular complexity index is 1410. The fourth-order valence-corrected chi connectivity index (χ4v) is 8.58. The summed E-state index contributed by atoms with van der Waals surface area (Å²) >= 11 is 0. The van der Waals surface area contributed by atoms with Crippen LogP contribution in [0.4, 0.5) is 0 Å². The molecule has 1 N–H and O–H groups in total. The van der Waals surface area contributed by atoms with Crippen molar-refractivity contribution in [1.29, 1.82) is 0 Å². The average molecular weight is 1000 g/mol. The first kappa shape index (κ1) is 68.6. The van der Waals surface area contributed by atoms with Crippen molar-refractivity contribution in [3.8, 4) is 0 Å². The highest BCUT2D eigenvalue weighted by atomic mass is 16.6. The Balaban J connectivity index is 3.45. The summed E-state index contributed by atoms with van der Waals surface area (Å²) in [5.41, 5.74) is 0. The van der Waals surface area contributed by atoms with E-state index in [1.807, 2.05) is 0 Å². The van der Waals surface area contributed by atoms with Crippen LogP contribution in [0.2, 0.25) is 0 Å². The molecule has 0 aromatic heterocycles. The highest BCUT2D eigenvalue weighted by Crippen LogP contribution is 2.17. The predicted molar refractivity (Wildman–Crippen MR) is 315 cm³/mol. The van der Waals surface area contributed by atoms with E-state index in [1.165, 1.54) is 141 Å². The van der Waals surface area contributed by atoms with E-state index < -0.39 is 6.10 Å². The molecule has 0 radical (unpaired) electrons. The van der Waals surface area contributed by atoms with Crippen LogP contribution in [0.5, 0.6) is 0 Å². The summed E-state index contributed by atoms with van der Waals surface area (Å²) in [7, 11) is 0. The van der Waals surface area contributed by atoms with Gasteiger partial charge in [-0.2, -0.15) is 0 Å². The molecule has 1 atom stereocenters. The van der Waals surface area contributed by atoms with E-state index in [0.29, 0.717) is 12.8 Å². The molecular weight excluding hydrogens is 885 g/mol. The molecule has 0 bridgehead atoms. The minimum absolute atomic E-state index is 0.0762. The monoisotopic (exact) mass is 999 g/mol. The molecular formula is C67H114O5. The van der Waals surface area contributed by atoms with Gasteiger partial charge in [-0.15, -0.1) is 0 Å². The SMILES string of the molecule is CC/C=C\C/C=C\C/C=C\C/C=C\C/C=C\CCCCCCCC(=O)OC(CO)COC(=O)CCCCCCCCCCCCCCCCCCCCCCCCCC/C=C\C/C=C\C/C=C\C/C=C\CC. The molecule has 72 heavy (non-hydrogen) atoms. The van der Waals surface area contributed by atoms with Crippen LogP contribution in [-0.4, -0.2) is 36.4 Å². The molecule has 0 rings (SSSR count). The lowest BCUT2D eigenvalue weighted by Crippen LogP contribution is -2.28. The van der Waals surface area contributed by atoms with E-state index in [-0.39, 0.29) is 25.2 Å². The number of unbranched alkanes of at least 4 members (excludes halogenated alkanes) is 29. The van der Waals surface area contributed by atoms with Crippen molar-refractivity contribution in [1.82, 2.24) is 0 Å². The number of ether oxygens (including phenoxy) is 2. The maximum Gasteiger partial charge on any atom is 0.306 e. The minimum atomic E-state index is -0.788. The topological polar surface area (TPSA) is 72.8 Å². The Hall–Kier alpha value is -3.44. The van der Waals surface area contributed by atoms with Crippen molar-refractivity contribution in [2.45, 2.75) is 290 Å². The largest absolute Gasteiger partial charge is 0.462 e. The summed E-state index contributed by atoms with van der Waals surface area (Å²) in [5.74, 6) is -0.607. The van der Waals surface area contributed by atoms with E-state index in [1.54, 1.807) is 0 Å². The second-order valence-electron chi connectivity index (χ2n) is 20.0. The lowest BCUT2D eigenvalue weighted by molar-refractivity contribution is -0.161. The van der Waals surface area contributed by atoms with Gasteiger partial charge in [-0.3, -0.25) is 9.59 Å². The zero-order valence-electron chi connectivity index (χ0n) is 47.2. The third-order valence-corrected chi connectivity index (χ3v) is 13.1. The van der Waals surface area contributed by atoms with Crippen LogP contribution in [0.1, 0.15) is 284 Å². The highest BCUT2D eigenvalue weighted by Gasteiger charge is 2.16. The predicted octanol–water partition coefficient (Wildman–Crippen LogP) is 20.9. The van der Waals surface area contributed by atoms with Gasteiger partial charge in [0.2, 0.25) is 0 Å². The van der Waals surface area contributed by atoms with Crippen molar-refractivity contribution in [2.24, 2.45) is 0 Å². The van der Waals surface area contributed by atoms with Gasteiger partial charge < -0.3 is 14.6 Å². The molecule has 0 aliphatic heterocycles. The van der Waals surface area contributed by atoms with Crippen LogP contribution in [0.25, 0.3) is 0 Å². The van der Waals surface area contributed by atoms with Crippen LogP contribution in [0.3, 0.4) is 0 Å². The lowest BCUT2D eigenvalue weighted by Gasteiger charge is -2.15. The standard InChI is InChI=1S/C67H114O5/c1-3-5-7-9-11-13-15-17-19-21-23-25-26-27-28-29-30-31-32-33-34-35-36-37-38-39-40-42-43-45-47-49-51-53-55-57-59-61-66(69)71-64-65(63-68)72-67(70)62-60-58-56-54-52-50-48-46-44-41-24-22-20-18-16-14-12-10-8-6-4-2/h5-8,11-14,17-20,23-25,41,46,48,65,68H,3-4,9-10,15-16,21-22,26-40,42-45,47,49-64H2,1-2H3/b7-5-,8-6-,13-11-,14-12-,19-17-,20-18-,25-23-,41-24-,48-46-. The van der Waals surface area contributed by atoms with Crippen molar-refractivity contribution in [2.75, 3.05) is 13.2 Å². The Morgan fingerprint density at radius 1 is 0.319 bits per heavy atom. The summed E-state index contributed by atoms with van der Waals surface area (Å²) in [6, 6.07) is 0. The maximum atomic E-state index is 12.3. The fraction of sp³-hybridized carbons (Fsp3) is 0.701. The first-order valence-corrected chi connectivity index (χ1v) is 30.4. The zero-order valence-corrected chi connectivity index (χ0v) is 47.2. The molecule has 412 valence electrons. The first-order chi connectivity index (χ1) is 35.6. The Kier molecular flexibility index (Phi) is 58.9.